The highest BCUT2D eigenvalue weighted by molar-refractivity contribution is 5.81. The third-order valence-electron chi connectivity index (χ3n) is 4.10. The number of nitrogens with one attached hydrogen (secondary N) is 2. The molecule has 1 aliphatic rings. The molecule has 2 N–H and O–H groups in total. The maximum Gasteiger partial charge on any atom is 0.236 e. The van der Waals surface area contributed by atoms with Crippen LogP contribution in [0.2, 0.25) is 0 Å². The summed E-state index contributed by atoms with van der Waals surface area (Å²) in [6.45, 7) is 11.8. The molecule has 0 spiro atoms. The van der Waals surface area contributed by atoms with E-state index in [-0.39, 0.29) is 11.9 Å². The molecule has 0 aromatic rings. The van der Waals surface area contributed by atoms with E-state index in [2.05, 4.69) is 38.3 Å². The molecule has 18 heavy (non-hydrogen) atoms. The summed E-state index contributed by atoms with van der Waals surface area (Å²) in [6.07, 6.45) is 4.66. The largest absolute Gasteiger partial charge is 0.355 e. The van der Waals surface area contributed by atoms with Crippen LogP contribution in [0.3, 0.4) is 0 Å². The molecule has 1 amide bonds. The summed E-state index contributed by atoms with van der Waals surface area (Å²) in [5.74, 6) is 0.782. The lowest BCUT2D eigenvalue weighted by molar-refractivity contribution is -0.123. The fraction of sp³-hybridized carbons (Fsp3) is 0.933. The van der Waals surface area contributed by atoms with Crippen molar-refractivity contribution in [1.29, 1.82) is 0 Å². The molecule has 3 nitrogen and oxygen atoms in total. The Balaban J connectivity index is 2.40. The lowest BCUT2D eigenvalue weighted by Crippen LogP contribution is -2.51. The molecule has 1 fully saturated rings. The Morgan fingerprint density at radius 3 is 2.67 bits per heavy atom. The van der Waals surface area contributed by atoms with Gasteiger partial charge in [0.15, 0.2) is 0 Å². The highest BCUT2D eigenvalue weighted by Gasteiger charge is 2.33. The summed E-state index contributed by atoms with van der Waals surface area (Å²) in [5, 5.41) is 6.45. The van der Waals surface area contributed by atoms with Gasteiger partial charge in [-0.1, -0.05) is 27.7 Å². The molecule has 0 bridgehead atoms. The van der Waals surface area contributed by atoms with E-state index in [1.165, 1.54) is 19.3 Å². The molecule has 0 aliphatic heterocycles. The van der Waals surface area contributed by atoms with Crippen molar-refractivity contribution in [2.45, 2.75) is 72.4 Å². The van der Waals surface area contributed by atoms with E-state index in [1.807, 2.05) is 6.92 Å². The van der Waals surface area contributed by atoms with Gasteiger partial charge in [0, 0.05) is 12.6 Å². The minimum Gasteiger partial charge on any atom is -0.355 e. The highest BCUT2D eigenvalue weighted by atomic mass is 16.2. The molecular weight excluding hydrogens is 224 g/mol. The van der Waals surface area contributed by atoms with Gasteiger partial charge in [-0.25, -0.2) is 0 Å². The number of carbonyl (C=O) groups excluding carboxylic acids is 1. The molecule has 3 unspecified atom stereocenters. The number of hydrogen-bond donors (Lipinski definition) is 2. The number of hydrogen-bond acceptors (Lipinski definition) is 2. The molecule has 0 aromatic carbocycles. The first kappa shape index (κ1) is 15.5. The third kappa shape index (κ3) is 4.60. The number of carbonyl (C=O) groups is 1. The van der Waals surface area contributed by atoms with Crippen molar-refractivity contribution in [1.82, 2.24) is 10.6 Å². The Bertz CT molecular complexity index is 276. The van der Waals surface area contributed by atoms with Gasteiger partial charge in [0.05, 0.1) is 6.04 Å². The SMILES string of the molecule is CCCNC(=O)C(C)NC1CCC(C)(C)CC1C. The number of rotatable bonds is 5. The molecule has 3 atom stereocenters. The molecular formula is C15H30N2O. The van der Waals surface area contributed by atoms with Crippen LogP contribution in [0.1, 0.15) is 60.3 Å². The molecule has 0 heterocycles. The van der Waals surface area contributed by atoms with Crippen LogP contribution < -0.4 is 10.6 Å². The maximum absolute atomic E-state index is 11.8. The first-order valence-electron chi connectivity index (χ1n) is 7.39. The van der Waals surface area contributed by atoms with Crippen LogP contribution in [0.5, 0.6) is 0 Å². The van der Waals surface area contributed by atoms with E-state index in [9.17, 15) is 4.79 Å². The lowest BCUT2D eigenvalue weighted by atomic mass is 9.70. The summed E-state index contributed by atoms with van der Waals surface area (Å²) < 4.78 is 0. The summed E-state index contributed by atoms with van der Waals surface area (Å²) in [5.41, 5.74) is 0.464. The fourth-order valence-electron chi connectivity index (χ4n) is 2.99. The Kier molecular flexibility index (Phi) is 5.64. The minimum atomic E-state index is -0.0785. The molecule has 106 valence electrons. The Hall–Kier alpha value is -0.570. The predicted molar refractivity (Wildman–Crippen MR) is 76.5 cm³/mol. The number of amides is 1. The zero-order valence-corrected chi connectivity index (χ0v) is 12.7. The average molecular weight is 254 g/mol. The van der Waals surface area contributed by atoms with Gasteiger partial charge in [-0.2, -0.15) is 0 Å². The van der Waals surface area contributed by atoms with Crippen LogP contribution in [-0.4, -0.2) is 24.5 Å². The Labute approximate surface area is 112 Å². The fourth-order valence-corrected chi connectivity index (χ4v) is 2.99. The van der Waals surface area contributed by atoms with Crippen LogP contribution in [0, 0.1) is 11.3 Å². The van der Waals surface area contributed by atoms with Gasteiger partial charge in [-0.15, -0.1) is 0 Å². The van der Waals surface area contributed by atoms with Crippen molar-refractivity contribution >= 4 is 5.91 Å². The van der Waals surface area contributed by atoms with Crippen LogP contribution in [-0.2, 0) is 4.79 Å². The van der Waals surface area contributed by atoms with Crippen LogP contribution >= 0.6 is 0 Å². The monoisotopic (exact) mass is 254 g/mol. The van der Waals surface area contributed by atoms with Crippen LogP contribution in [0.4, 0.5) is 0 Å². The zero-order valence-electron chi connectivity index (χ0n) is 12.7. The van der Waals surface area contributed by atoms with Gasteiger partial charge < -0.3 is 10.6 Å². The summed E-state index contributed by atoms with van der Waals surface area (Å²) in [4.78, 5) is 11.8. The highest BCUT2D eigenvalue weighted by Crippen LogP contribution is 2.38. The topological polar surface area (TPSA) is 41.1 Å². The second-order valence-electron chi connectivity index (χ2n) is 6.67. The molecule has 0 radical (unpaired) electrons. The smallest absolute Gasteiger partial charge is 0.236 e. The van der Waals surface area contributed by atoms with Crippen molar-refractivity contribution in [2.24, 2.45) is 11.3 Å². The van der Waals surface area contributed by atoms with Gasteiger partial charge >= 0.3 is 0 Å². The normalized spacial score (nSPS) is 28.7. The Morgan fingerprint density at radius 1 is 1.44 bits per heavy atom. The first-order valence-corrected chi connectivity index (χ1v) is 7.39. The predicted octanol–water partition coefficient (Wildman–Crippen LogP) is 2.71. The summed E-state index contributed by atoms with van der Waals surface area (Å²) in [7, 11) is 0. The molecule has 0 saturated heterocycles. The standard InChI is InChI=1S/C15H30N2O/c1-6-9-16-14(18)12(3)17-13-7-8-15(4,5)10-11(13)2/h11-13,17H,6-10H2,1-5H3,(H,16,18). The van der Waals surface area contributed by atoms with E-state index in [0.29, 0.717) is 17.4 Å². The van der Waals surface area contributed by atoms with Crippen molar-refractivity contribution in [3.05, 3.63) is 0 Å². The van der Waals surface area contributed by atoms with Crippen molar-refractivity contribution in [2.75, 3.05) is 6.54 Å². The Morgan fingerprint density at radius 2 is 2.11 bits per heavy atom. The van der Waals surface area contributed by atoms with E-state index in [0.717, 1.165) is 13.0 Å². The molecule has 0 aromatic heterocycles. The average Bonchev–Trinajstić information content (AvgIpc) is 2.28. The van der Waals surface area contributed by atoms with E-state index in [1.54, 1.807) is 0 Å². The zero-order chi connectivity index (χ0) is 13.8. The second kappa shape index (κ2) is 6.55. The second-order valence-corrected chi connectivity index (χ2v) is 6.67. The van der Waals surface area contributed by atoms with E-state index < -0.39 is 0 Å². The van der Waals surface area contributed by atoms with Gasteiger partial charge in [-0.05, 0) is 43.9 Å². The van der Waals surface area contributed by atoms with Crippen LogP contribution in [0.25, 0.3) is 0 Å². The molecule has 1 aliphatic carbocycles. The first-order chi connectivity index (χ1) is 8.35. The van der Waals surface area contributed by atoms with Gasteiger partial charge in [0.2, 0.25) is 5.91 Å². The molecule has 1 saturated carbocycles. The summed E-state index contributed by atoms with van der Waals surface area (Å²) >= 11 is 0. The minimum absolute atomic E-state index is 0.0785. The van der Waals surface area contributed by atoms with Gasteiger partial charge in [-0.3, -0.25) is 4.79 Å². The van der Waals surface area contributed by atoms with E-state index >= 15 is 0 Å². The van der Waals surface area contributed by atoms with Crippen molar-refractivity contribution in [3.63, 3.8) is 0 Å². The van der Waals surface area contributed by atoms with Gasteiger partial charge in [0.25, 0.3) is 0 Å². The van der Waals surface area contributed by atoms with Crippen molar-refractivity contribution < 1.29 is 4.79 Å². The van der Waals surface area contributed by atoms with Crippen LogP contribution in [0.15, 0.2) is 0 Å². The van der Waals surface area contributed by atoms with Crippen molar-refractivity contribution in [3.8, 4) is 0 Å². The molecule has 1 rings (SSSR count). The van der Waals surface area contributed by atoms with E-state index in [4.69, 9.17) is 0 Å². The third-order valence-corrected chi connectivity index (χ3v) is 4.10. The summed E-state index contributed by atoms with van der Waals surface area (Å²) in [6, 6.07) is 0.408. The quantitative estimate of drug-likeness (QED) is 0.792. The molecule has 3 heteroatoms. The lowest BCUT2D eigenvalue weighted by Gasteiger charge is -2.40. The maximum atomic E-state index is 11.8. The van der Waals surface area contributed by atoms with Gasteiger partial charge in [0.1, 0.15) is 0 Å².